The first-order chi connectivity index (χ1) is 64.0. The van der Waals surface area contributed by atoms with Crippen molar-refractivity contribution in [3.05, 3.63) is 166 Å². The number of carbonyl (C=O) groups is 4. The number of hydrogen-bond donors (Lipinski definition) is 8. The molecule has 44 heteroatoms. The second-order valence-electron chi connectivity index (χ2n) is 35.8. The molecule has 10 fully saturated rings. The molecule has 1 atom stereocenters. The van der Waals surface area contributed by atoms with Gasteiger partial charge >= 0.3 is 0 Å². The number of aromatic nitrogens is 16. The van der Waals surface area contributed by atoms with Crippen LogP contribution in [-0.2, 0) is 9.47 Å². The van der Waals surface area contributed by atoms with Crippen LogP contribution in [0.1, 0.15) is 106 Å². The van der Waals surface area contributed by atoms with Crippen LogP contribution in [0.5, 0.6) is 0 Å². The number of nitrogens with two attached hydrogens (primary N) is 4. The average molecular weight is 1880 g/mol. The summed E-state index contributed by atoms with van der Waals surface area (Å²) < 4.78 is 30.1. The maximum atomic E-state index is 13.6. The van der Waals surface area contributed by atoms with Gasteiger partial charge in [-0.3, -0.25) is 58.7 Å². The number of ether oxygens (including phenoxy) is 2. The lowest BCUT2D eigenvalue weighted by Crippen LogP contribution is -2.68. The van der Waals surface area contributed by atoms with E-state index in [4.69, 9.17) is 78.8 Å². The van der Waals surface area contributed by atoms with Gasteiger partial charge in [-0.05, 0) is 102 Å². The fourth-order valence-corrected chi connectivity index (χ4v) is 20.6. The smallest absolute Gasteiger partial charge is 0.263 e. The number of anilines is 12. The van der Waals surface area contributed by atoms with Crippen LogP contribution in [0, 0.1) is 10.8 Å². The van der Waals surface area contributed by atoms with E-state index in [9.17, 15) is 23.6 Å². The lowest BCUT2D eigenvalue weighted by molar-refractivity contribution is -0.199. The molecule has 4 amide bonds. The Bertz CT molecular complexity index is 6230. The van der Waals surface area contributed by atoms with Crippen LogP contribution in [-0.4, -0.2) is 308 Å². The number of piperidine rings is 4. The first kappa shape index (κ1) is 89.4. The van der Waals surface area contributed by atoms with Crippen LogP contribution in [0.25, 0.3) is 22.6 Å². The molecule has 0 aromatic carbocycles. The van der Waals surface area contributed by atoms with Crippen LogP contribution >= 0.6 is 46.4 Å². The topological polar surface area (TPSA) is 440 Å². The highest BCUT2D eigenvalue weighted by Gasteiger charge is 2.51. The third-order valence-corrected chi connectivity index (χ3v) is 27.9. The van der Waals surface area contributed by atoms with Crippen LogP contribution < -0.4 is 63.8 Å². The van der Waals surface area contributed by atoms with Crippen molar-refractivity contribution < 1.29 is 33.0 Å². The average Bonchev–Trinajstić information content (AvgIpc) is 1.29. The first-order valence-corrected chi connectivity index (χ1v) is 46.2. The Morgan fingerprint density at radius 2 is 0.667 bits per heavy atom. The summed E-state index contributed by atoms with van der Waals surface area (Å²) in [7, 11) is 2.19. The largest absolute Gasteiger partial charge is 0.381 e. The van der Waals surface area contributed by atoms with E-state index in [1.54, 1.807) is 74.4 Å². The molecule has 0 bridgehead atoms. The van der Waals surface area contributed by atoms with Gasteiger partial charge < -0.3 is 78.2 Å². The number of amides is 4. The van der Waals surface area contributed by atoms with Crippen LogP contribution in [0.15, 0.2) is 123 Å². The summed E-state index contributed by atoms with van der Waals surface area (Å²) in [6.45, 7) is 21.5. The van der Waals surface area contributed by atoms with E-state index in [2.05, 4.69) is 133 Å². The number of rotatable bonds is 16. The number of nitrogens with one attached hydrogen (secondary N) is 4. The molecule has 692 valence electrons. The molecule has 0 aliphatic carbocycles. The van der Waals surface area contributed by atoms with E-state index in [0.717, 1.165) is 205 Å². The van der Waals surface area contributed by atoms with Gasteiger partial charge in [0.2, 0.25) is 0 Å². The minimum Gasteiger partial charge on any atom is -0.381 e. The third-order valence-electron chi connectivity index (χ3n) is 27.1. The summed E-state index contributed by atoms with van der Waals surface area (Å²) in [5, 5.41) is 30.1. The number of carbonyl (C=O) groups excluding carboxylic acids is 4. The molecular formula is C88H104Cl4FN33O6. The number of piperazine rings is 1. The highest BCUT2D eigenvalue weighted by atomic mass is 35.5. The molecule has 2 spiro atoms. The Kier molecular flexibility index (Phi) is 26.0. The SMILES string of the molecule is CN1CCN(C2CCN(c3ccncc3NC(=O)c3c(N)nn4cc(Cl)cnc34)CC2)CC1.Nc1nn2cc(Cl)cnc2c1C(=O)Nc1cnccc1N1CCC(N2CC3(COC3)C2)CC1.Nc1nn2cc(Cl)cnc2c1C(=O)Nc1cnccc1N1CCC(N2CCC3(COC3)C2)CC1.Nc1nn2cc(Cl)cnc2c1C(=O)Nc1cnccc1N1CCC(N2CC[C@@H](F)C2)CC1. The van der Waals surface area contributed by atoms with E-state index in [-0.39, 0.29) is 63.2 Å². The van der Waals surface area contributed by atoms with Crippen molar-refractivity contribution in [2.45, 2.75) is 94.5 Å². The summed E-state index contributed by atoms with van der Waals surface area (Å²) in [4.78, 5) is 108. The summed E-state index contributed by atoms with van der Waals surface area (Å²) in [6.07, 6.45) is 35.4. The van der Waals surface area contributed by atoms with Gasteiger partial charge in [-0.1, -0.05) is 46.4 Å². The zero-order chi connectivity index (χ0) is 91.1. The highest BCUT2D eigenvalue weighted by molar-refractivity contribution is 6.31. The van der Waals surface area contributed by atoms with Gasteiger partial charge in [0.1, 0.15) is 28.4 Å². The van der Waals surface area contributed by atoms with Crippen molar-refractivity contribution in [1.29, 1.82) is 0 Å². The molecule has 10 aliphatic rings. The normalized spacial score (nSPS) is 20.0. The second kappa shape index (κ2) is 38.4. The van der Waals surface area contributed by atoms with Gasteiger partial charge in [0, 0.05) is 196 Å². The molecule has 22 heterocycles. The van der Waals surface area contributed by atoms with Gasteiger partial charge in [-0.15, -0.1) is 20.4 Å². The molecule has 0 unspecified atom stereocenters. The van der Waals surface area contributed by atoms with Crippen molar-refractivity contribution in [2.75, 3.05) is 215 Å². The van der Waals surface area contributed by atoms with Crippen LogP contribution in [0.2, 0.25) is 20.1 Å². The number of alkyl halides is 1. The predicted octanol–water partition coefficient (Wildman–Crippen LogP) is 8.67. The third kappa shape index (κ3) is 19.0. The molecule has 22 rings (SSSR count). The first-order valence-electron chi connectivity index (χ1n) is 44.6. The number of hydrogen-bond acceptors (Lipinski definition) is 31. The minimum atomic E-state index is -0.701. The zero-order valence-corrected chi connectivity index (χ0v) is 75.9. The molecule has 39 nitrogen and oxygen atoms in total. The van der Waals surface area contributed by atoms with Crippen molar-refractivity contribution in [3.63, 3.8) is 0 Å². The molecule has 0 radical (unpaired) electrons. The van der Waals surface area contributed by atoms with E-state index >= 15 is 0 Å². The molecule has 0 saturated carbocycles. The van der Waals surface area contributed by atoms with Crippen LogP contribution in [0.3, 0.4) is 0 Å². The number of nitrogens with zero attached hydrogens (tertiary/aromatic N) is 25. The molecule has 10 aliphatic heterocycles. The lowest BCUT2D eigenvalue weighted by Gasteiger charge is -2.58. The Balaban J connectivity index is 0.000000114. The van der Waals surface area contributed by atoms with Crippen molar-refractivity contribution in [3.8, 4) is 0 Å². The fourth-order valence-electron chi connectivity index (χ4n) is 20.1. The van der Waals surface area contributed by atoms with Crippen molar-refractivity contribution in [2.24, 2.45) is 10.8 Å². The summed E-state index contributed by atoms with van der Waals surface area (Å²) in [6, 6.07) is 9.97. The zero-order valence-electron chi connectivity index (χ0n) is 72.9. The monoisotopic (exact) mass is 1880 g/mol. The molecular weight excluding hydrogens is 1780 g/mol. The Hall–Kier alpha value is -11.8. The Morgan fingerprint density at radius 1 is 0.371 bits per heavy atom. The second-order valence-corrected chi connectivity index (χ2v) is 37.5. The van der Waals surface area contributed by atoms with Crippen molar-refractivity contribution in [1.82, 2.24) is 103 Å². The number of fused-ring (bicyclic) bond motifs is 4. The predicted molar refractivity (Wildman–Crippen MR) is 504 cm³/mol. The maximum Gasteiger partial charge on any atom is 0.263 e. The molecule has 12 aromatic heterocycles. The summed E-state index contributed by atoms with van der Waals surface area (Å²) in [5.41, 5.74) is 33.4. The number of likely N-dealkylation sites (tertiary alicyclic amines) is 3. The van der Waals surface area contributed by atoms with Crippen LogP contribution in [0.4, 0.5) is 73.2 Å². The molecule has 10 saturated heterocycles. The van der Waals surface area contributed by atoms with Gasteiger partial charge in [0.25, 0.3) is 23.6 Å². The van der Waals surface area contributed by atoms with Gasteiger partial charge in [-0.25, -0.2) is 42.4 Å². The summed E-state index contributed by atoms with van der Waals surface area (Å²) in [5.74, 6) is -1.19. The molecule has 132 heavy (non-hydrogen) atoms. The fraction of sp³-hybridized carbons (Fsp3) is 0.455. The molecule has 12 N–H and O–H groups in total. The van der Waals surface area contributed by atoms with E-state index in [1.165, 1.54) is 55.8 Å². The Labute approximate surface area is 778 Å². The number of likely N-dealkylation sites (N-methyl/N-ethyl adjacent to an activating group) is 1. The van der Waals surface area contributed by atoms with Crippen molar-refractivity contribution >= 4 is 161 Å². The summed E-state index contributed by atoms with van der Waals surface area (Å²) >= 11 is 23.9. The highest BCUT2D eigenvalue weighted by Crippen LogP contribution is 2.44. The van der Waals surface area contributed by atoms with Gasteiger partial charge in [0.15, 0.2) is 45.9 Å². The number of nitrogen functional groups attached to an aromatic ring is 4. The lowest BCUT2D eigenvalue weighted by atomic mass is 9.76. The quantitative estimate of drug-likeness (QED) is 0.0448. The Morgan fingerprint density at radius 3 is 0.955 bits per heavy atom. The van der Waals surface area contributed by atoms with E-state index in [1.807, 2.05) is 24.3 Å². The number of pyridine rings is 4. The standard InChI is InChI=1S/C23H27ClN8O2.C22H28ClN9O.C22H25ClN8O2.C21H24ClFN8O/c24-15-9-27-21-19(20(25)29-32(21)11-15)22(33)28-17-10-26-5-1-18(17)30-6-2-16(3-7-30)31-8-4-23(12-31)13-34-14-23;1-29-8-10-30(11-9-29)16-3-6-31(7-4-16)18-2-5-25-13-17(18)27-22(33)19-20(24)28-32-14-15(23)12-26-21(19)32;23-14-7-26-20-18(19(24)28-31(20)9-14)21(32)27-16-8-25-4-1-17(16)29-5-2-15(3-6-29)30-10-22(11-30)12-33-13-22;22-13-9-26-20-18(19(24)28-31(20)11-13)21(32)27-16-10-25-5-1-17(16)29-7-3-15(4-8-29)30-6-2-14(23)12-30/h1,5,9-11,16H,2-4,6-8,12-14H2,(H2,25,29)(H,28,33);2,5,12-14,16H,3-4,6-11H2,1H3,(H2,24,28)(H,27,33);1,4,7-9,15H,2-3,5-6,10-13H2,(H2,24,28)(H,27,32);1,5,9-11,14-15H,2-4,6-8,12H2,(H2,24,28)(H,27,32)/t;;;14-/m...1/s1. The maximum absolute atomic E-state index is 13.6. The minimum absolute atomic E-state index is 0.0697. The number of halogens is 5. The van der Waals surface area contributed by atoms with Gasteiger partial charge in [0.05, 0.1) is 142 Å². The van der Waals surface area contributed by atoms with Gasteiger partial charge in [-0.2, -0.15) is 0 Å². The van der Waals surface area contributed by atoms with E-state index in [0.29, 0.717) is 113 Å². The molecule has 12 aromatic rings. The van der Waals surface area contributed by atoms with E-state index < -0.39 is 12.1 Å².